The number of hydrogen-bond acceptors (Lipinski definition) is 21. The second kappa shape index (κ2) is 46.5. The molecule has 0 bridgehead atoms. The number of phenols is 1. The highest BCUT2D eigenvalue weighted by Crippen LogP contribution is 2.31. The first-order chi connectivity index (χ1) is 59.8. The molecule has 5 aromatic rings. The van der Waals surface area contributed by atoms with Crippen molar-refractivity contribution < 1.29 is 92.0 Å². The molecule has 20 N–H and O–H groups in total. The molecule has 3 aliphatic heterocycles. The molecule has 16 atom stereocenters. The molecule has 2 aromatic heterocycles. The number of primary amides is 2. The number of H-pyrrole nitrogens is 2. The molecule has 3 fully saturated rings. The van der Waals surface area contributed by atoms with Gasteiger partial charge in [0.1, 0.15) is 90.3 Å². The fourth-order valence-corrected chi connectivity index (χ4v) is 17.0. The minimum absolute atomic E-state index is 0.00176. The molecule has 0 radical (unpaired) electrons. The van der Waals surface area contributed by atoms with E-state index in [4.69, 9.17) is 17.2 Å². The molecule has 38 nitrogen and oxygen atoms in total. The van der Waals surface area contributed by atoms with E-state index in [1.54, 1.807) is 95.5 Å². The quantitative estimate of drug-likeness (QED) is 0.0431. The van der Waals surface area contributed by atoms with E-state index >= 15 is 33.6 Å². The summed E-state index contributed by atoms with van der Waals surface area (Å²) in [7, 11) is 4.01. The number of rotatable bonds is 21. The maximum absolute atomic E-state index is 15.7. The number of likely N-dealkylation sites (N-methyl/N-ethyl adjacent to an activating group) is 3. The monoisotopic (exact) mass is 1770 g/mol. The Morgan fingerprint density at radius 1 is 0.540 bits per heavy atom. The number of nitrogens with one attached hydrogen (secondary N) is 11. The number of phenolic OH excluding ortho intramolecular Hbond substituents is 1. The lowest BCUT2D eigenvalue weighted by molar-refractivity contribution is -0.149. The van der Waals surface area contributed by atoms with E-state index in [0.29, 0.717) is 64.2 Å². The highest BCUT2D eigenvalue weighted by molar-refractivity contribution is 8.00. The van der Waals surface area contributed by atoms with E-state index in [9.17, 15) is 58.5 Å². The summed E-state index contributed by atoms with van der Waals surface area (Å²) < 4.78 is 0. The van der Waals surface area contributed by atoms with Crippen molar-refractivity contribution in [2.75, 3.05) is 58.9 Å². The van der Waals surface area contributed by atoms with E-state index in [2.05, 4.69) is 57.8 Å². The Balaban J connectivity index is 1.17. The SMILES string of the molecule is CCCC[C@H]1C(=O)N(C)[C@@H](CCCC)C(=O)N[C@@H](CC(C)C)C(=O)N[C@H](C(N)=O)CSCC(=O)N[C@@H](Cc2ccc(O)cc2)C(=O)N(C)[C@@H](C)C(=O)N[C@@H](CC(N)=O)C(=O)N2CCC[C@H]2C(=O)N[C@@H](CN)C(=O)N[C@@H](CC(C)C)C(=O)N2C[C@H](O)C[C@H]2C(=O)N[C@@H]([C@@H](C)c2c[nH]c3ccccc23)C(=O)N[C@@H](CO)C(=O)N[C@@H](Cc2c[nH]c3ccccc23)C(=O)N1C. The summed E-state index contributed by atoms with van der Waals surface area (Å²) in [5.41, 5.74) is 20.5. The van der Waals surface area contributed by atoms with Crippen molar-refractivity contribution in [3.63, 3.8) is 0 Å². The number of hydrogen-bond donors (Lipinski definition) is 17. The van der Waals surface area contributed by atoms with Gasteiger partial charge in [-0.2, -0.15) is 0 Å². The zero-order valence-electron chi connectivity index (χ0n) is 73.4. The summed E-state index contributed by atoms with van der Waals surface area (Å²) in [5.74, 6) is -17.1. The molecule has 0 unspecified atom stereocenters. The maximum atomic E-state index is 15.7. The van der Waals surface area contributed by atoms with Crippen LogP contribution in [0.3, 0.4) is 0 Å². The number of thioether (sulfide) groups is 1. The maximum Gasteiger partial charge on any atom is 0.246 e. The molecule has 5 heterocycles. The van der Waals surface area contributed by atoms with Crippen molar-refractivity contribution in [2.24, 2.45) is 29.0 Å². The van der Waals surface area contributed by atoms with E-state index in [1.165, 1.54) is 62.1 Å². The van der Waals surface area contributed by atoms with Crippen molar-refractivity contribution in [3.05, 3.63) is 102 Å². The number of carbonyl (C=O) groups excluding carboxylic acids is 16. The highest BCUT2D eigenvalue weighted by Gasteiger charge is 2.47. The lowest BCUT2D eigenvalue weighted by Gasteiger charge is -2.36. The third-order valence-corrected chi connectivity index (χ3v) is 24.4. The topological polar surface area (TPSA) is 568 Å². The van der Waals surface area contributed by atoms with Gasteiger partial charge in [0.05, 0.1) is 24.9 Å². The highest BCUT2D eigenvalue weighted by atomic mass is 32.2. The van der Waals surface area contributed by atoms with Crippen molar-refractivity contribution in [2.45, 2.75) is 242 Å². The molecular weight excluding hydrogens is 1650 g/mol. The largest absolute Gasteiger partial charge is 0.508 e. The minimum atomic E-state index is -1.87. The van der Waals surface area contributed by atoms with Gasteiger partial charge in [-0.05, 0) is 98.2 Å². The third kappa shape index (κ3) is 26.2. The Bertz CT molecular complexity index is 4710. The Kier molecular flexibility index (Phi) is 36.8. The summed E-state index contributed by atoms with van der Waals surface area (Å²) in [5, 5.41) is 58.1. The number of nitrogens with two attached hydrogens (primary N) is 3. The average molecular weight is 1770 g/mol. The van der Waals surface area contributed by atoms with Crippen LogP contribution >= 0.6 is 11.8 Å². The summed E-state index contributed by atoms with van der Waals surface area (Å²) >= 11 is 0.837. The molecule has 39 heteroatoms. The zero-order valence-corrected chi connectivity index (χ0v) is 74.2. The zero-order chi connectivity index (χ0) is 92.7. The standard InChI is InChI=1S/C87H125N19O19S/c1-12-14-25-67-79(117)94-59(33-46(3)4)76(114)100-66(74(90)112)44-126-45-72(111)93-61(35-50-28-30-52(108)31-29-50)83(121)102(9)49(8)75(113)95-63(38-71(89)110)85(123)105-32-20-27-68(105)80(118)98-64(39-88)77(115)96-60(34-47(5)6)86(124)106-42-53(109)37-70(106)81(119)101-73(48(7)56-41-92-58-24-19-17-22-55(56)58)82(120)99-65(43-107)78(116)97-62(36-51-40-91-57-23-18-16-21-54(51)57)84(122)104(11)69(26-15-13-2)87(125)103(67)10/h16-19,21-24,28-31,40-41,46-49,53,59-70,73,91-92,107-109H,12-15,20,25-27,32-39,42-45,88H2,1-11H3,(H2,89,110)(H2,90,112)(H,93,111)(H,94,117)(H,95,113)(H,96,115)(H,97,116)(H,98,118)(H,99,120)(H,100,114)(H,101,119)/t48-,49-,53+,59-,60-,61-,62-,63-,64-,65-,66-,67-,68-,69-,70-,73-/m0/s1. The van der Waals surface area contributed by atoms with E-state index < -0.39 is 223 Å². The summed E-state index contributed by atoms with van der Waals surface area (Å²) in [6.45, 7) is 11.5. The molecule has 0 saturated carbocycles. The van der Waals surface area contributed by atoms with Crippen molar-refractivity contribution in [1.82, 2.24) is 82.3 Å². The van der Waals surface area contributed by atoms with Crippen LogP contribution in [0.4, 0.5) is 0 Å². The number of benzene rings is 3. The number of aromatic hydroxyl groups is 1. The first kappa shape index (κ1) is 99.7. The van der Waals surface area contributed by atoms with Gasteiger partial charge in [-0.1, -0.05) is 123 Å². The van der Waals surface area contributed by atoms with Gasteiger partial charge in [0, 0.05) is 106 Å². The number of para-hydroxylation sites is 2. The van der Waals surface area contributed by atoms with Crippen molar-refractivity contribution in [1.29, 1.82) is 0 Å². The molecule has 3 aliphatic rings. The van der Waals surface area contributed by atoms with E-state index in [-0.39, 0.29) is 87.7 Å². The van der Waals surface area contributed by atoms with Crippen LogP contribution in [0.5, 0.6) is 5.75 Å². The van der Waals surface area contributed by atoms with Crippen LogP contribution in [-0.2, 0) is 89.6 Å². The van der Waals surface area contributed by atoms with Gasteiger partial charge in [-0.15, -0.1) is 11.8 Å². The second-order valence-corrected chi connectivity index (χ2v) is 34.8. The molecule has 16 amide bonds. The average Bonchev–Trinajstić information content (AvgIpc) is 1.56. The van der Waals surface area contributed by atoms with Gasteiger partial charge in [0.15, 0.2) is 0 Å². The van der Waals surface area contributed by atoms with Gasteiger partial charge in [-0.3, -0.25) is 76.7 Å². The van der Waals surface area contributed by atoms with Gasteiger partial charge < -0.3 is 115 Å². The van der Waals surface area contributed by atoms with E-state index in [0.717, 1.165) is 26.5 Å². The van der Waals surface area contributed by atoms with Crippen LogP contribution in [0.25, 0.3) is 21.8 Å². The normalized spacial score (nSPS) is 26.1. The third-order valence-electron chi connectivity index (χ3n) is 23.4. The lowest BCUT2D eigenvalue weighted by Crippen LogP contribution is -2.62. The van der Waals surface area contributed by atoms with Gasteiger partial charge in [-0.25, -0.2) is 0 Å². The fraction of sp³-hybridized carbons (Fsp3) is 0.563. The smallest absolute Gasteiger partial charge is 0.246 e. The number of fused-ring (bicyclic) bond motifs is 4. The predicted octanol–water partition coefficient (Wildman–Crippen LogP) is -0.708. The number of aromatic amines is 2. The Hall–Kier alpha value is -11.7. The van der Waals surface area contributed by atoms with Crippen LogP contribution in [-0.4, -0.2) is 294 Å². The number of aromatic nitrogens is 2. The van der Waals surface area contributed by atoms with Crippen LogP contribution in [0.2, 0.25) is 0 Å². The summed E-state index contributed by atoms with van der Waals surface area (Å²) in [4.78, 5) is 246. The van der Waals surface area contributed by atoms with Crippen LogP contribution < -0.4 is 65.1 Å². The predicted molar refractivity (Wildman–Crippen MR) is 469 cm³/mol. The second-order valence-electron chi connectivity index (χ2n) is 33.7. The van der Waals surface area contributed by atoms with Crippen molar-refractivity contribution in [3.8, 4) is 5.75 Å². The minimum Gasteiger partial charge on any atom is -0.508 e. The number of aliphatic hydroxyl groups excluding tert-OH is 2. The molecule has 8 rings (SSSR count). The molecule has 0 aliphatic carbocycles. The Labute approximate surface area is 736 Å². The Morgan fingerprint density at radius 2 is 1.07 bits per heavy atom. The first-order valence-corrected chi connectivity index (χ1v) is 44.1. The molecular formula is C87H125N19O19S. The van der Waals surface area contributed by atoms with Crippen LogP contribution in [0.1, 0.15) is 155 Å². The number of nitrogens with zero attached hydrogens (tertiary/aromatic N) is 5. The number of amides is 16. The summed E-state index contributed by atoms with van der Waals surface area (Å²) in [6, 6.07) is -1.24. The fourth-order valence-electron chi connectivity index (χ4n) is 16.1. The first-order valence-electron chi connectivity index (χ1n) is 43.0. The molecule has 3 saturated heterocycles. The van der Waals surface area contributed by atoms with E-state index in [1.807, 2.05) is 13.8 Å². The molecule has 688 valence electrons. The van der Waals surface area contributed by atoms with Crippen LogP contribution in [0.15, 0.2) is 85.2 Å². The molecule has 0 spiro atoms. The summed E-state index contributed by atoms with van der Waals surface area (Å²) in [6.07, 6.45) is 2.37. The van der Waals surface area contributed by atoms with Gasteiger partial charge in [0.2, 0.25) is 94.5 Å². The number of carbonyl (C=O) groups is 16. The van der Waals surface area contributed by atoms with Gasteiger partial charge in [0.25, 0.3) is 0 Å². The lowest BCUT2D eigenvalue weighted by atomic mass is 9.91. The Morgan fingerprint density at radius 3 is 1.70 bits per heavy atom. The molecule has 126 heavy (non-hydrogen) atoms. The van der Waals surface area contributed by atoms with Crippen molar-refractivity contribution >= 4 is 128 Å². The van der Waals surface area contributed by atoms with Gasteiger partial charge >= 0.3 is 0 Å². The number of aliphatic hydroxyl groups is 2. The number of unbranched alkanes of at least 4 members (excludes halogenated alkanes) is 2. The van der Waals surface area contributed by atoms with Crippen LogP contribution in [0, 0.1) is 11.8 Å². The molecule has 3 aromatic carbocycles.